The smallest absolute Gasteiger partial charge is 0.404 e. The number of likely N-dealkylation sites (tertiary alicyclic amines) is 1. The minimum Gasteiger partial charge on any atom is -0.508 e. The Labute approximate surface area is 163 Å². The number of carboxylic acids is 1. The molecule has 0 aromatic heterocycles. The molecule has 2 fully saturated rings. The zero-order valence-electron chi connectivity index (χ0n) is 14.8. The van der Waals surface area contributed by atoms with E-state index in [1.165, 1.54) is 29.2 Å². The van der Waals surface area contributed by atoms with Crippen molar-refractivity contribution in [3.05, 3.63) is 35.7 Å². The number of carbonyl (C=O) groups is 4. The predicted molar refractivity (Wildman–Crippen MR) is 93.3 cm³/mol. The minimum atomic E-state index is -1.43. The van der Waals surface area contributed by atoms with E-state index < -0.39 is 54.5 Å². The number of carbonyl (C=O) groups excluding carboxylic acids is 3. The zero-order chi connectivity index (χ0) is 20.9. The van der Waals surface area contributed by atoms with E-state index in [0.717, 1.165) is 4.90 Å². The Balaban J connectivity index is 1.54. The van der Waals surface area contributed by atoms with Gasteiger partial charge in [0.15, 0.2) is 18.1 Å². The number of phenolic OH excluding ortho intramolecular Hbond substituents is 1. The molecule has 2 saturated heterocycles. The lowest BCUT2D eigenvalue weighted by Gasteiger charge is -2.48. The molecule has 152 valence electrons. The van der Waals surface area contributed by atoms with E-state index in [-0.39, 0.29) is 18.1 Å². The number of nitrogens with two attached hydrogens (primary N) is 1. The van der Waals surface area contributed by atoms with E-state index in [1.807, 2.05) is 0 Å². The van der Waals surface area contributed by atoms with Crippen LogP contribution in [0.5, 0.6) is 5.75 Å². The molecule has 0 bridgehead atoms. The van der Waals surface area contributed by atoms with Gasteiger partial charge >= 0.3 is 18.1 Å². The van der Waals surface area contributed by atoms with Gasteiger partial charge in [-0.1, -0.05) is 0 Å². The number of anilines is 1. The fourth-order valence-electron chi connectivity index (χ4n) is 3.75. The third-order valence-corrected chi connectivity index (χ3v) is 4.93. The summed E-state index contributed by atoms with van der Waals surface area (Å²) in [5, 5.41) is 21.4. The van der Waals surface area contributed by atoms with E-state index in [9.17, 15) is 29.4 Å². The number of hydrogen-bond donors (Lipinski definition) is 4. The lowest BCUT2D eigenvalue weighted by molar-refractivity contribution is -0.161. The summed E-state index contributed by atoms with van der Waals surface area (Å²) in [6.07, 6.45) is -1.81. The Kier molecular flexibility index (Phi) is 4.18. The molecule has 3 atom stereocenters. The van der Waals surface area contributed by atoms with E-state index in [0.29, 0.717) is 5.69 Å². The van der Waals surface area contributed by atoms with Gasteiger partial charge in [0.05, 0.1) is 6.54 Å². The molecular formula is C17H16N4O8. The molecular weight excluding hydrogens is 388 g/mol. The summed E-state index contributed by atoms with van der Waals surface area (Å²) in [4.78, 5) is 50.1. The van der Waals surface area contributed by atoms with Crippen LogP contribution >= 0.6 is 0 Å². The number of hydrogen-bond acceptors (Lipinski definition) is 7. The highest BCUT2D eigenvalue weighted by atomic mass is 16.6. The summed E-state index contributed by atoms with van der Waals surface area (Å²) < 4.78 is 10.3. The molecule has 3 heterocycles. The lowest BCUT2D eigenvalue weighted by atomic mass is 9.91. The van der Waals surface area contributed by atoms with Gasteiger partial charge in [-0.15, -0.1) is 0 Å². The van der Waals surface area contributed by atoms with Crippen molar-refractivity contribution in [3.63, 3.8) is 0 Å². The van der Waals surface area contributed by atoms with Crippen molar-refractivity contribution in [3.8, 4) is 5.75 Å². The summed E-state index contributed by atoms with van der Waals surface area (Å²) in [6.45, 7) is -0.525. The Morgan fingerprint density at radius 1 is 1.28 bits per heavy atom. The van der Waals surface area contributed by atoms with Crippen molar-refractivity contribution in [2.24, 2.45) is 5.73 Å². The number of phenols is 1. The topological polar surface area (TPSA) is 172 Å². The van der Waals surface area contributed by atoms with Crippen LogP contribution < -0.4 is 11.1 Å². The first kappa shape index (κ1) is 18.4. The maximum atomic E-state index is 12.6. The van der Waals surface area contributed by atoms with Gasteiger partial charge in [-0.3, -0.25) is 9.69 Å². The molecule has 3 aliphatic rings. The van der Waals surface area contributed by atoms with Gasteiger partial charge in [-0.2, -0.15) is 0 Å². The number of nitrogens with zero attached hydrogens (tertiary/aromatic N) is 2. The first-order chi connectivity index (χ1) is 13.8. The third-order valence-electron chi connectivity index (χ3n) is 4.93. The van der Waals surface area contributed by atoms with Crippen LogP contribution in [0.4, 0.5) is 15.3 Å². The highest BCUT2D eigenvalue weighted by Crippen LogP contribution is 2.43. The fraction of sp³-hybridized carbons (Fsp3) is 0.294. The van der Waals surface area contributed by atoms with Crippen LogP contribution in [0.3, 0.4) is 0 Å². The maximum absolute atomic E-state index is 12.6. The van der Waals surface area contributed by atoms with Crippen LogP contribution in [0.15, 0.2) is 35.7 Å². The van der Waals surface area contributed by atoms with Crippen molar-refractivity contribution in [2.45, 2.75) is 18.2 Å². The Morgan fingerprint density at radius 2 is 1.97 bits per heavy atom. The second-order valence-electron chi connectivity index (χ2n) is 6.61. The number of carboxylic acid groups (broad SMARTS) is 1. The minimum absolute atomic E-state index is 0.0223. The number of primary amides is 1. The Hall–Kier alpha value is -3.96. The molecule has 1 aromatic carbocycles. The van der Waals surface area contributed by atoms with Crippen molar-refractivity contribution >= 4 is 29.7 Å². The van der Waals surface area contributed by atoms with Crippen molar-refractivity contribution < 1.29 is 38.9 Å². The van der Waals surface area contributed by atoms with E-state index >= 15 is 0 Å². The monoisotopic (exact) mass is 404 g/mol. The molecule has 29 heavy (non-hydrogen) atoms. The van der Waals surface area contributed by atoms with Gasteiger partial charge in [0.1, 0.15) is 23.9 Å². The third kappa shape index (κ3) is 2.94. The normalized spacial score (nSPS) is 24.4. The van der Waals surface area contributed by atoms with Gasteiger partial charge in [-0.25, -0.2) is 14.4 Å². The summed E-state index contributed by atoms with van der Waals surface area (Å²) in [5.74, 6) is -2.18. The standard InChI is InChI=1S/C17H16N4O8/c18-16(26)28-6-10-12(15(24)25)21-11-9(29-10)5-20(13(11)14(21)23)17(27)19-7-1-3-8(22)4-2-7/h1-4,9,11,13,22H,5-6H2,(H2,18,26)(H,19,27)(H,24,25)/t9-,11-,13+/m1/s1. The molecule has 12 nitrogen and oxygen atoms in total. The zero-order valence-corrected chi connectivity index (χ0v) is 14.8. The number of amides is 4. The predicted octanol–water partition coefficient (Wildman–Crippen LogP) is -0.391. The summed E-state index contributed by atoms with van der Waals surface area (Å²) >= 11 is 0. The number of aromatic hydroxyl groups is 1. The van der Waals surface area contributed by atoms with Crippen LogP contribution in [-0.4, -0.2) is 75.4 Å². The van der Waals surface area contributed by atoms with Crippen LogP contribution in [0, 0.1) is 0 Å². The first-order valence-electron chi connectivity index (χ1n) is 8.53. The molecule has 1 aromatic rings. The first-order valence-corrected chi connectivity index (χ1v) is 8.53. The van der Waals surface area contributed by atoms with E-state index in [2.05, 4.69) is 10.1 Å². The molecule has 5 N–H and O–H groups in total. The lowest BCUT2D eigenvalue weighted by Crippen LogP contribution is -2.70. The molecule has 3 aliphatic heterocycles. The van der Waals surface area contributed by atoms with Crippen molar-refractivity contribution in [1.29, 1.82) is 0 Å². The molecule has 0 saturated carbocycles. The van der Waals surface area contributed by atoms with Gasteiger partial charge in [0, 0.05) is 5.69 Å². The number of urea groups is 1. The van der Waals surface area contributed by atoms with Crippen LogP contribution in [0.1, 0.15) is 0 Å². The molecule has 4 rings (SSSR count). The molecule has 0 aliphatic carbocycles. The Morgan fingerprint density at radius 3 is 2.59 bits per heavy atom. The SMILES string of the molecule is NC(=O)OCC1=C(C(=O)O)N2C(=O)[C@@H]3[C@H]2[C@@H](CN3C(=O)Nc2ccc(O)cc2)O1. The van der Waals surface area contributed by atoms with Gasteiger partial charge in [0.25, 0.3) is 5.91 Å². The van der Waals surface area contributed by atoms with E-state index in [4.69, 9.17) is 10.5 Å². The highest BCUT2D eigenvalue weighted by molar-refractivity contribution is 6.03. The van der Waals surface area contributed by atoms with Crippen molar-refractivity contribution in [2.75, 3.05) is 18.5 Å². The van der Waals surface area contributed by atoms with Gasteiger partial charge in [-0.05, 0) is 24.3 Å². The average molecular weight is 404 g/mol. The van der Waals surface area contributed by atoms with Gasteiger partial charge < -0.3 is 35.6 Å². The van der Waals surface area contributed by atoms with E-state index in [1.54, 1.807) is 0 Å². The molecule has 0 radical (unpaired) electrons. The summed E-state index contributed by atoms with van der Waals surface area (Å²) in [5.41, 5.74) is 4.88. The summed E-state index contributed by atoms with van der Waals surface area (Å²) in [7, 11) is 0. The maximum Gasteiger partial charge on any atom is 0.404 e. The Bertz CT molecular complexity index is 943. The number of ether oxygens (including phenoxy) is 2. The van der Waals surface area contributed by atoms with Crippen LogP contribution in [0.25, 0.3) is 0 Å². The number of β-lactam (4-membered cyclic amide) rings is 1. The second-order valence-corrected chi connectivity index (χ2v) is 6.61. The second kappa shape index (κ2) is 6.58. The number of benzene rings is 1. The molecule has 0 unspecified atom stereocenters. The highest BCUT2D eigenvalue weighted by Gasteiger charge is 2.65. The van der Waals surface area contributed by atoms with Crippen molar-refractivity contribution in [1.82, 2.24) is 9.80 Å². The molecule has 12 heteroatoms. The van der Waals surface area contributed by atoms with Crippen LogP contribution in [0.2, 0.25) is 0 Å². The van der Waals surface area contributed by atoms with Gasteiger partial charge in [0.2, 0.25) is 0 Å². The molecule has 0 spiro atoms. The average Bonchev–Trinajstić information content (AvgIpc) is 3.03. The number of rotatable bonds is 4. The van der Waals surface area contributed by atoms with Crippen LogP contribution in [-0.2, 0) is 19.1 Å². The quantitative estimate of drug-likeness (QED) is 0.388. The fourth-order valence-corrected chi connectivity index (χ4v) is 3.75. The largest absolute Gasteiger partial charge is 0.508 e. The number of nitrogens with one attached hydrogen (secondary N) is 1. The summed E-state index contributed by atoms with van der Waals surface area (Å²) in [6, 6.07) is 3.68. The molecule has 4 amide bonds. The number of aliphatic carboxylic acids is 1.